The number of fused-ring (bicyclic) bond motifs is 1. The normalized spacial score (nSPS) is 20.6. The highest BCUT2D eigenvalue weighted by Crippen LogP contribution is 2.22. The van der Waals surface area contributed by atoms with Gasteiger partial charge in [-0.05, 0) is 38.0 Å². The smallest absolute Gasteiger partial charge is 0.103 e. The number of nitrogens with zero attached hydrogens (tertiary/aromatic N) is 4. The molecule has 2 aliphatic rings. The molecule has 0 bridgehead atoms. The largest absolute Gasteiger partial charge is 0.357 e. The molecule has 28 heavy (non-hydrogen) atoms. The van der Waals surface area contributed by atoms with Crippen molar-refractivity contribution in [3.8, 4) is 11.8 Å². The highest BCUT2D eigenvalue weighted by Gasteiger charge is 2.26. The summed E-state index contributed by atoms with van der Waals surface area (Å²) in [4.78, 5) is 12.1. The fourth-order valence-electron chi connectivity index (χ4n) is 4.10. The predicted molar refractivity (Wildman–Crippen MR) is 114 cm³/mol. The van der Waals surface area contributed by atoms with Crippen LogP contribution in [0.3, 0.4) is 0 Å². The Kier molecular flexibility index (Phi) is 5.80. The summed E-state index contributed by atoms with van der Waals surface area (Å²) in [5.41, 5.74) is 8.39. The van der Waals surface area contributed by atoms with Crippen molar-refractivity contribution in [1.82, 2.24) is 19.7 Å². The second-order valence-electron chi connectivity index (χ2n) is 7.68. The summed E-state index contributed by atoms with van der Waals surface area (Å²) in [5, 5.41) is 1.19. The molecule has 0 radical (unpaired) electrons. The highest BCUT2D eigenvalue weighted by atomic mass is 15.4. The monoisotopic (exact) mass is 375 g/mol. The minimum atomic E-state index is 0.272. The number of aromatic nitrogens is 1. The maximum atomic E-state index is 6.22. The first kappa shape index (κ1) is 18.8. The van der Waals surface area contributed by atoms with Crippen LogP contribution >= 0.6 is 0 Å². The lowest BCUT2D eigenvalue weighted by Crippen LogP contribution is -2.50. The summed E-state index contributed by atoms with van der Waals surface area (Å²) < 4.78 is 0. The number of hydrogen-bond donors (Lipinski definition) is 1. The zero-order valence-electron chi connectivity index (χ0n) is 16.6. The maximum absolute atomic E-state index is 6.22. The zero-order valence-corrected chi connectivity index (χ0v) is 16.6. The van der Waals surface area contributed by atoms with Gasteiger partial charge in [0.2, 0.25) is 0 Å². The zero-order chi connectivity index (χ0) is 19.3. The van der Waals surface area contributed by atoms with E-state index in [1.165, 1.54) is 11.2 Å². The first-order chi connectivity index (χ1) is 13.7. The number of likely N-dealkylation sites (tertiary alicyclic amines) is 1. The van der Waals surface area contributed by atoms with Gasteiger partial charge in [0.25, 0.3) is 0 Å². The van der Waals surface area contributed by atoms with Crippen molar-refractivity contribution in [2.24, 2.45) is 5.73 Å². The van der Waals surface area contributed by atoms with E-state index >= 15 is 0 Å². The van der Waals surface area contributed by atoms with Gasteiger partial charge in [0, 0.05) is 37.6 Å². The van der Waals surface area contributed by atoms with Crippen LogP contribution in [0, 0.1) is 11.8 Å². The lowest BCUT2D eigenvalue weighted by Gasteiger charge is -2.43. The topological polar surface area (TPSA) is 48.6 Å². The number of nitrogens with two attached hydrogens (primary N) is 1. The SMILES string of the molecule is CC#CCN1CN(Cc2ccc3ccccc3n2)CC=C1N1CCC[C@@H](N)C1. The molecule has 1 aromatic heterocycles. The molecule has 0 aliphatic carbocycles. The molecule has 0 unspecified atom stereocenters. The average molecular weight is 376 g/mol. The summed E-state index contributed by atoms with van der Waals surface area (Å²) in [6.45, 7) is 7.29. The van der Waals surface area contributed by atoms with Crippen LogP contribution in [0.4, 0.5) is 0 Å². The molecule has 5 heteroatoms. The Balaban J connectivity index is 1.50. The van der Waals surface area contributed by atoms with Crippen LogP contribution in [0.15, 0.2) is 48.3 Å². The first-order valence-corrected chi connectivity index (χ1v) is 10.1. The number of rotatable bonds is 4. The van der Waals surface area contributed by atoms with Crippen LogP contribution in [0.1, 0.15) is 25.5 Å². The average Bonchev–Trinajstić information content (AvgIpc) is 2.72. The minimum Gasteiger partial charge on any atom is -0.357 e. The third-order valence-corrected chi connectivity index (χ3v) is 5.50. The van der Waals surface area contributed by atoms with Gasteiger partial charge in [-0.1, -0.05) is 30.2 Å². The van der Waals surface area contributed by atoms with Gasteiger partial charge in [0.15, 0.2) is 0 Å². The van der Waals surface area contributed by atoms with Crippen molar-refractivity contribution in [3.63, 3.8) is 0 Å². The number of hydrogen-bond acceptors (Lipinski definition) is 5. The molecule has 3 heterocycles. The van der Waals surface area contributed by atoms with Crippen molar-refractivity contribution in [2.45, 2.75) is 32.4 Å². The minimum absolute atomic E-state index is 0.272. The Hall–Kier alpha value is -2.55. The van der Waals surface area contributed by atoms with E-state index in [1.807, 2.05) is 13.0 Å². The highest BCUT2D eigenvalue weighted by molar-refractivity contribution is 5.78. The summed E-state index contributed by atoms with van der Waals surface area (Å²) in [5.74, 6) is 7.57. The van der Waals surface area contributed by atoms with Gasteiger partial charge in [0.1, 0.15) is 5.82 Å². The molecule has 5 nitrogen and oxygen atoms in total. The van der Waals surface area contributed by atoms with Crippen LogP contribution in [0.25, 0.3) is 10.9 Å². The molecule has 1 atom stereocenters. The Bertz CT molecular complexity index is 910. The van der Waals surface area contributed by atoms with Gasteiger partial charge in [-0.3, -0.25) is 9.88 Å². The Morgan fingerprint density at radius 2 is 2.11 bits per heavy atom. The van der Waals surface area contributed by atoms with Crippen molar-refractivity contribution in [3.05, 3.63) is 54.0 Å². The van der Waals surface area contributed by atoms with Crippen LogP contribution < -0.4 is 5.73 Å². The Labute approximate surface area is 167 Å². The molecule has 4 rings (SSSR count). The predicted octanol–water partition coefficient (Wildman–Crippen LogP) is 2.60. The van der Waals surface area contributed by atoms with E-state index in [2.05, 4.69) is 62.9 Å². The van der Waals surface area contributed by atoms with E-state index in [1.54, 1.807) is 0 Å². The van der Waals surface area contributed by atoms with E-state index in [-0.39, 0.29) is 6.04 Å². The Morgan fingerprint density at radius 3 is 2.96 bits per heavy atom. The molecule has 146 valence electrons. The molecule has 1 saturated heterocycles. The second-order valence-corrected chi connectivity index (χ2v) is 7.68. The van der Waals surface area contributed by atoms with Crippen molar-refractivity contribution in [2.75, 3.05) is 32.8 Å². The van der Waals surface area contributed by atoms with Gasteiger partial charge in [-0.15, -0.1) is 5.92 Å². The van der Waals surface area contributed by atoms with Gasteiger partial charge in [0.05, 0.1) is 24.4 Å². The standard InChI is InChI=1S/C23H29N5/c1-2-3-13-28-18-26(15-12-23(28)27-14-6-8-20(24)16-27)17-21-11-10-19-7-4-5-9-22(19)25-21/h4-5,7,9-12,20H,6,8,13-18,24H2,1H3/t20-/m1/s1. The van der Waals surface area contributed by atoms with Crippen molar-refractivity contribution >= 4 is 10.9 Å². The van der Waals surface area contributed by atoms with Gasteiger partial charge in [-0.25, -0.2) is 0 Å². The fourth-order valence-corrected chi connectivity index (χ4v) is 4.10. The lowest BCUT2D eigenvalue weighted by atomic mass is 10.1. The molecular formula is C23H29N5. The quantitative estimate of drug-likeness (QED) is 0.833. The molecule has 2 N–H and O–H groups in total. The van der Waals surface area contributed by atoms with Crippen molar-refractivity contribution in [1.29, 1.82) is 0 Å². The van der Waals surface area contributed by atoms with E-state index in [0.29, 0.717) is 0 Å². The maximum Gasteiger partial charge on any atom is 0.103 e. The summed E-state index contributed by atoms with van der Waals surface area (Å²) >= 11 is 0. The van der Waals surface area contributed by atoms with Crippen molar-refractivity contribution < 1.29 is 0 Å². The number of benzene rings is 1. The second kappa shape index (κ2) is 8.64. The van der Waals surface area contributed by atoms with E-state index in [4.69, 9.17) is 10.7 Å². The fraction of sp³-hybridized carbons (Fsp3) is 0.435. The van der Waals surface area contributed by atoms with Crippen LogP contribution in [-0.2, 0) is 6.54 Å². The third-order valence-electron chi connectivity index (χ3n) is 5.50. The number of para-hydroxylation sites is 1. The third kappa shape index (κ3) is 4.30. The summed E-state index contributed by atoms with van der Waals surface area (Å²) in [6.07, 6.45) is 4.62. The molecule has 0 amide bonds. The summed E-state index contributed by atoms with van der Waals surface area (Å²) in [6, 6.07) is 12.9. The molecular weight excluding hydrogens is 346 g/mol. The van der Waals surface area contributed by atoms with Crippen LogP contribution in [0.5, 0.6) is 0 Å². The molecule has 0 saturated carbocycles. The molecule has 1 aromatic carbocycles. The van der Waals surface area contributed by atoms with Crippen LogP contribution in [-0.4, -0.2) is 58.6 Å². The van der Waals surface area contributed by atoms with Gasteiger partial charge in [-0.2, -0.15) is 0 Å². The molecule has 2 aromatic rings. The van der Waals surface area contributed by atoms with E-state index in [9.17, 15) is 0 Å². The van der Waals surface area contributed by atoms with E-state index < -0.39 is 0 Å². The molecule has 1 fully saturated rings. The first-order valence-electron chi connectivity index (χ1n) is 10.1. The molecule has 2 aliphatic heterocycles. The van der Waals surface area contributed by atoms with Crippen LogP contribution in [0.2, 0.25) is 0 Å². The molecule has 0 spiro atoms. The lowest BCUT2D eigenvalue weighted by molar-refractivity contribution is 0.101. The van der Waals surface area contributed by atoms with Gasteiger partial charge >= 0.3 is 0 Å². The Morgan fingerprint density at radius 1 is 1.21 bits per heavy atom. The van der Waals surface area contributed by atoms with Gasteiger partial charge < -0.3 is 15.5 Å². The summed E-state index contributed by atoms with van der Waals surface area (Å²) in [7, 11) is 0. The van der Waals surface area contributed by atoms with E-state index in [0.717, 1.165) is 63.4 Å². The number of pyridine rings is 1. The number of piperidine rings is 1.